The molecular formula is C18H24ClFOSSi. The van der Waals surface area contributed by atoms with E-state index in [1.165, 1.54) is 11.3 Å². The fourth-order valence-electron chi connectivity index (χ4n) is 1.99. The molecule has 1 aromatic heterocycles. The van der Waals surface area contributed by atoms with Gasteiger partial charge >= 0.3 is 0 Å². The second-order valence-corrected chi connectivity index (χ2v) is 13.7. The highest BCUT2D eigenvalue weighted by atomic mass is 35.5. The van der Waals surface area contributed by atoms with Gasteiger partial charge in [-0.05, 0) is 41.9 Å². The normalized spacial score (nSPS) is 12.7. The molecule has 0 amide bonds. The van der Waals surface area contributed by atoms with Gasteiger partial charge in [0.1, 0.15) is 0 Å². The molecular weight excluding hydrogens is 347 g/mol. The number of hydrogen-bond donors (Lipinski definition) is 0. The first-order chi connectivity index (χ1) is 10.6. The van der Waals surface area contributed by atoms with Gasteiger partial charge in [0.05, 0.1) is 6.61 Å². The van der Waals surface area contributed by atoms with E-state index in [4.69, 9.17) is 16.0 Å². The van der Waals surface area contributed by atoms with Gasteiger partial charge in [-0.2, -0.15) is 4.39 Å². The Hall–Kier alpha value is -0.683. The Kier molecular flexibility index (Phi) is 5.72. The molecule has 0 radical (unpaired) electrons. The number of rotatable bonds is 5. The van der Waals surface area contributed by atoms with Crippen LogP contribution in [-0.4, -0.2) is 8.32 Å². The maximum atomic E-state index is 14.2. The molecule has 0 aliphatic heterocycles. The van der Waals surface area contributed by atoms with Crippen LogP contribution in [0.15, 0.2) is 30.3 Å². The minimum Gasteiger partial charge on any atom is -0.412 e. The molecule has 2 aromatic rings. The fraction of sp³-hybridized carbons (Fsp3) is 0.444. The van der Waals surface area contributed by atoms with Crippen molar-refractivity contribution in [2.75, 3.05) is 0 Å². The number of hydrogen-bond acceptors (Lipinski definition) is 2. The van der Waals surface area contributed by atoms with Gasteiger partial charge in [0.15, 0.2) is 13.4 Å². The van der Waals surface area contributed by atoms with Crippen molar-refractivity contribution in [3.8, 4) is 0 Å². The summed E-state index contributed by atoms with van der Waals surface area (Å²) in [7, 11) is -1.81. The Morgan fingerprint density at radius 1 is 1.22 bits per heavy atom. The Labute approximate surface area is 148 Å². The summed E-state index contributed by atoms with van der Waals surface area (Å²) in [6, 6.07) is 9.49. The summed E-state index contributed by atoms with van der Waals surface area (Å²) in [5, 5.41) is 0.713. The topological polar surface area (TPSA) is 9.23 Å². The third-order valence-electron chi connectivity index (χ3n) is 4.47. The predicted octanol–water partition coefficient (Wildman–Crippen LogP) is 6.65. The molecule has 0 fully saturated rings. The smallest absolute Gasteiger partial charge is 0.192 e. The fourth-order valence-corrected chi connectivity index (χ4v) is 4.07. The van der Waals surface area contributed by atoms with E-state index >= 15 is 0 Å². The molecule has 2 rings (SSSR count). The first-order valence-corrected chi connectivity index (χ1v) is 11.8. The maximum Gasteiger partial charge on any atom is 0.192 e. The van der Waals surface area contributed by atoms with E-state index in [1.54, 1.807) is 0 Å². The van der Waals surface area contributed by atoms with Crippen molar-refractivity contribution in [2.24, 2.45) is 0 Å². The van der Waals surface area contributed by atoms with Crippen molar-refractivity contribution in [2.45, 2.75) is 51.9 Å². The molecule has 0 bridgehead atoms. The van der Waals surface area contributed by atoms with Crippen molar-refractivity contribution < 1.29 is 8.82 Å². The third kappa shape index (κ3) is 4.89. The standard InChI is InChI=1S/C18H24ClFOSSi/c1-18(2,3)23(4,5)21-12-16-11-14(17(20)22-16)9-13-7-6-8-15(19)10-13/h6-8,10-11H,9,12H2,1-5H3. The van der Waals surface area contributed by atoms with Crippen LogP contribution >= 0.6 is 22.9 Å². The third-order valence-corrected chi connectivity index (χ3v) is 10.1. The molecule has 1 nitrogen and oxygen atoms in total. The van der Waals surface area contributed by atoms with Gasteiger partial charge in [-0.25, -0.2) is 0 Å². The molecule has 0 atom stereocenters. The van der Waals surface area contributed by atoms with E-state index in [1.807, 2.05) is 30.3 Å². The van der Waals surface area contributed by atoms with E-state index < -0.39 is 8.32 Å². The molecule has 0 unspecified atom stereocenters. The molecule has 0 aliphatic carbocycles. The van der Waals surface area contributed by atoms with Crippen LogP contribution in [0.25, 0.3) is 0 Å². The lowest BCUT2D eigenvalue weighted by Gasteiger charge is -2.36. The molecule has 5 heteroatoms. The van der Waals surface area contributed by atoms with Crippen molar-refractivity contribution in [3.05, 3.63) is 56.5 Å². The lowest BCUT2D eigenvalue weighted by molar-refractivity contribution is 0.279. The zero-order chi connectivity index (χ0) is 17.3. The van der Waals surface area contributed by atoms with E-state index in [-0.39, 0.29) is 10.2 Å². The van der Waals surface area contributed by atoms with Crippen molar-refractivity contribution in [1.82, 2.24) is 0 Å². The average Bonchev–Trinajstić information content (AvgIpc) is 2.76. The minimum absolute atomic E-state index is 0.126. The Morgan fingerprint density at radius 2 is 1.91 bits per heavy atom. The van der Waals surface area contributed by atoms with Crippen LogP contribution in [0.2, 0.25) is 23.2 Å². The van der Waals surface area contributed by atoms with E-state index in [0.717, 1.165) is 10.4 Å². The quantitative estimate of drug-likeness (QED) is 0.535. The highest BCUT2D eigenvalue weighted by molar-refractivity contribution is 7.10. The van der Waals surface area contributed by atoms with Crippen LogP contribution in [0.4, 0.5) is 4.39 Å². The minimum atomic E-state index is -1.81. The summed E-state index contributed by atoms with van der Waals surface area (Å²) in [4.78, 5) is 0.948. The summed E-state index contributed by atoms with van der Waals surface area (Å²) < 4.78 is 20.4. The Bertz CT molecular complexity index is 676. The first-order valence-electron chi connectivity index (χ1n) is 7.74. The highest BCUT2D eigenvalue weighted by Gasteiger charge is 2.37. The molecule has 0 aliphatic rings. The van der Waals surface area contributed by atoms with Crippen molar-refractivity contribution >= 4 is 31.3 Å². The first kappa shape index (κ1) is 18.7. The monoisotopic (exact) mass is 370 g/mol. The molecule has 0 spiro atoms. The maximum absolute atomic E-state index is 14.2. The van der Waals surface area contributed by atoms with Gasteiger partial charge in [-0.15, -0.1) is 11.3 Å². The van der Waals surface area contributed by atoms with E-state index in [0.29, 0.717) is 23.6 Å². The van der Waals surface area contributed by atoms with Gasteiger partial charge in [0.25, 0.3) is 0 Å². The lowest BCUT2D eigenvalue weighted by Crippen LogP contribution is -2.40. The molecule has 0 N–H and O–H groups in total. The van der Waals surface area contributed by atoms with Crippen molar-refractivity contribution in [1.29, 1.82) is 0 Å². The van der Waals surface area contributed by atoms with E-state index in [9.17, 15) is 4.39 Å². The lowest BCUT2D eigenvalue weighted by atomic mass is 10.1. The summed E-state index contributed by atoms with van der Waals surface area (Å²) in [6.07, 6.45) is 0.559. The molecule has 1 heterocycles. The van der Waals surface area contributed by atoms with Gasteiger partial charge in [0.2, 0.25) is 0 Å². The summed E-state index contributed by atoms with van der Waals surface area (Å²) in [5.74, 6) is 0. The van der Waals surface area contributed by atoms with Gasteiger partial charge in [-0.3, -0.25) is 0 Å². The van der Waals surface area contributed by atoms with Gasteiger partial charge in [0, 0.05) is 21.9 Å². The summed E-state index contributed by atoms with van der Waals surface area (Å²) in [6.45, 7) is 11.5. The van der Waals surface area contributed by atoms with Crippen LogP contribution in [0.5, 0.6) is 0 Å². The number of halogens is 2. The highest BCUT2D eigenvalue weighted by Crippen LogP contribution is 2.37. The van der Waals surface area contributed by atoms with Crippen LogP contribution in [0, 0.1) is 5.13 Å². The zero-order valence-electron chi connectivity index (χ0n) is 14.4. The zero-order valence-corrected chi connectivity index (χ0v) is 16.9. The average molecular weight is 371 g/mol. The molecule has 23 heavy (non-hydrogen) atoms. The second-order valence-electron chi connectivity index (χ2n) is 7.37. The molecule has 0 saturated carbocycles. The number of thiophene rings is 1. The SMILES string of the molecule is CC(C)(C)[Si](C)(C)OCc1cc(Cc2cccc(Cl)c2)c(F)s1. The summed E-state index contributed by atoms with van der Waals surface area (Å²) >= 11 is 7.18. The van der Waals surface area contributed by atoms with Crippen LogP contribution in [-0.2, 0) is 17.5 Å². The van der Waals surface area contributed by atoms with Gasteiger partial charge < -0.3 is 4.43 Å². The van der Waals surface area contributed by atoms with Crippen molar-refractivity contribution in [3.63, 3.8) is 0 Å². The Morgan fingerprint density at radius 3 is 2.52 bits per heavy atom. The van der Waals surface area contributed by atoms with Gasteiger partial charge in [-0.1, -0.05) is 44.5 Å². The second kappa shape index (κ2) is 7.05. The molecule has 1 aromatic carbocycles. The predicted molar refractivity (Wildman–Crippen MR) is 101 cm³/mol. The molecule has 126 valence electrons. The largest absolute Gasteiger partial charge is 0.412 e. The van der Waals surface area contributed by atoms with Crippen LogP contribution in [0.1, 0.15) is 36.8 Å². The van der Waals surface area contributed by atoms with E-state index in [2.05, 4.69) is 33.9 Å². The van der Waals surface area contributed by atoms with Crippen LogP contribution < -0.4 is 0 Å². The number of benzene rings is 1. The molecule has 0 saturated heterocycles. The Balaban J connectivity index is 2.07. The summed E-state index contributed by atoms with van der Waals surface area (Å²) in [5.41, 5.74) is 1.73. The van der Waals surface area contributed by atoms with Crippen LogP contribution in [0.3, 0.4) is 0 Å².